The van der Waals surface area contributed by atoms with Crippen LogP contribution in [0.5, 0.6) is 0 Å². The van der Waals surface area contributed by atoms with Crippen molar-refractivity contribution in [3.8, 4) is 0 Å². The zero-order valence-electron chi connectivity index (χ0n) is 47.5. The Morgan fingerprint density at radius 1 is 0.494 bits per heavy atom. The van der Waals surface area contributed by atoms with E-state index in [9.17, 15) is 14.4 Å². The summed E-state index contributed by atoms with van der Waals surface area (Å²) in [5.74, 6) is 1.28. The van der Waals surface area contributed by atoms with Crippen LogP contribution < -0.4 is 16.0 Å². The number of carbonyl (C=O) groups is 3. The molecule has 430 valence electrons. The van der Waals surface area contributed by atoms with Gasteiger partial charge in [0.2, 0.25) is 0 Å². The van der Waals surface area contributed by atoms with Crippen molar-refractivity contribution < 1.29 is 37.3 Å². The smallest absolute Gasteiger partial charge is 0.257 e. The van der Waals surface area contributed by atoms with E-state index in [4.69, 9.17) is 67.5 Å². The molecular weight excluding hydrogens is 1120 g/mol. The number of anilines is 3. The molecule has 3 amide bonds. The summed E-state index contributed by atoms with van der Waals surface area (Å²) in [5, 5.41) is 10.8. The first-order valence-electron chi connectivity index (χ1n) is 28.1. The van der Waals surface area contributed by atoms with Gasteiger partial charge in [-0.2, -0.15) is 0 Å². The number of hydrogen-bond acceptors (Lipinski definition) is 5. The van der Waals surface area contributed by atoms with Crippen LogP contribution in [0.2, 0.25) is 25.1 Å². The molecule has 11 nitrogen and oxygen atoms in total. The third-order valence-electron chi connectivity index (χ3n) is 16.4. The molecule has 16 heteroatoms. The lowest BCUT2D eigenvalue weighted by molar-refractivity contribution is -0.931. The molecule has 2 heterocycles. The minimum absolute atomic E-state index is 0.190. The van der Waals surface area contributed by atoms with Crippen LogP contribution in [0.25, 0.3) is 0 Å². The molecule has 2 saturated carbocycles. The third-order valence-corrected chi connectivity index (χ3v) is 18.2. The number of fused-ring (bicyclic) bond motifs is 2. The molecule has 10 rings (SSSR count). The van der Waals surface area contributed by atoms with Crippen LogP contribution in [0, 0.1) is 11.8 Å². The second-order valence-corrected chi connectivity index (χ2v) is 26.1. The molecule has 6 aromatic carbocycles. The standard InChI is InChI=1S/C23H26Cl2N2O.C21H24Cl2N2O2.C21H25ClN2O2/c1-27(2,22-12-16-3-6-17(22)11-16)14-15-4-8-19(9-5-15)26-23(28)18-7-10-20(24)21(25)13-18;1-25(2,14-18-4-3-11-27-18)13-15-5-8-17(9-6-15)24-21(26)16-7-10-19(22)20(23)12-16;1-24(2,18-11-13-26-14-12-18)15-16-7-9-17(10-8-16)23-21(25)19-5-3-4-6-20(19)22/h4-5,7-10,13,16-17,22H,3,6,11-12,14H2,1-2H3;5-10,12,18H,3-4,11,13-14H2,1-2H3;3-10,18H,11-15H2,1-2H3/p+3/t;18-;/m.0./s1. The van der Waals surface area contributed by atoms with E-state index in [1.54, 1.807) is 54.6 Å². The minimum Gasteiger partial charge on any atom is -0.381 e. The molecule has 4 fully saturated rings. The second kappa shape index (κ2) is 28.0. The van der Waals surface area contributed by atoms with E-state index in [1.165, 1.54) is 42.4 Å². The molecule has 6 aromatic rings. The van der Waals surface area contributed by atoms with Gasteiger partial charge in [0.05, 0.1) is 98.3 Å². The average molecular weight is 1200 g/mol. The lowest BCUT2D eigenvalue weighted by Gasteiger charge is -2.40. The lowest BCUT2D eigenvalue weighted by Crippen LogP contribution is -2.50. The number of benzene rings is 6. The number of hydrogen-bond donors (Lipinski definition) is 3. The van der Waals surface area contributed by atoms with Gasteiger partial charge in [-0.25, -0.2) is 0 Å². The Labute approximate surface area is 504 Å². The van der Waals surface area contributed by atoms with Crippen molar-refractivity contribution in [3.63, 3.8) is 0 Å². The highest BCUT2D eigenvalue weighted by Gasteiger charge is 2.47. The highest BCUT2D eigenvalue weighted by molar-refractivity contribution is 6.42. The van der Waals surface area contributed by atoms with Crippen LogP contribution in [0.1, 0.15) is 99.1 Å². The molecule has 0 radical (unpaired) electrons. The van der Waals surface area contributed by atoms with Crippen molar-refractivity contribution in [1.29, 1.82) is 0 Å². The average Bonchev–Trinajstić information content (AvgIpc) is 4.24. The summed E-state index contributed by atoms with van der Waals surface area (Å²) in [6.07, 6.45) is 10.6. The van der Waals surface area contributed by atoms with Crippen LogP contribution in [-0.2, 0) is 29.1 Å². The van der Waals surface area contributed by atoms with Crippen LogP contribution in [0.4, 0.5) is 17.1 Å². The zero-order chi connectivity index (χ0) is 57.9. The molecular formula is C65H78Cl5N6O5+3. The van der Waals surface area contributed by atoms with Gasteiger partial charge in [0.25, 0.3) is 17.7 Å². The summed E-state index contributed by atoms with van der Waals surface area (Å²) in [6, 6.07) is 42.5. The van der Waals surface area contributed by atoms with Crippen LogP contribution in [0.15, 0.2) is 133 Å². The van der Waals surface area contributed by atoms with Gasteiger partial charge in [0, 0.05) is 76.7 Å². The Bertz CT molecular complexity index is 3090. The summed E-state index contributed by atoms with van der Waals surface area (Å²) in [5.41, 5.74) is 7.55. The van der Waals surface area contributed by atoms with Crippen LogP contribution >= 0.6 is 58.0 Å². The van der Waals surface area contributed by atoms with Gasteiger partial charge in [-0.3, -0.25) is 14.4 Å². The fourth-order valence-electron chi connectivity index (χ4n) is 12.1. The number of nitrogens with one attached hydrogen (secondary N) is 3. The third kappa shape index (κ3) is 17.8. The summed E-state index contributed by atoms with van der Waals surface area (Å²) in [7, 11) is 13.7. The lowest BCUT2D eigenvalue weighted by atomic mass is 9.92. The number of ether oxygens (including phenoxy) is 2. The molecule has 81 heavy (non-hydrogen) atoms. The van der Waals surface area contributed by atoms with Crippen molar-refractivity contribution in [3.05, 3.63) is 192 Å². The highest BCUT2D eigenvalue weighted by Crippen LogP contribution is 2.48. The molecule has 2 aliphatic carbocycles. The molecule has 3 N–H and O–H groups in total. The number of likely N-dealkylation sites (N-methyl/N-ethyl adjacent to an activating group) is 1. The van der Waals surface area contributed by atoms with Crippen molar-refractivity contribution in [2.45, 2.75) is 89.2 Å². The van der Waals surface area contributed by atoms with Gasteiger partial charge in [-0.15, -0.1) is 0 Å². The largest absolute Gasteiger partial charge is 0.381 e. The Hall–Kier alpha value is -5.02. The Morgan fingerprint density at radius 3 is 1.44 bits per heavy atom. The molecule has 2 bridgehead atoms. The quantitative estimate of drug-likeness (QED) is 0.0837. The normalized spacial score (nSPS) is 19.0. The fraction of sp³-hybridized carbons (Fsp3) is 0.400. The van der Waals surface area contributed by atoms with E-state index in [0.717, 1.165) is 120 Å². The maximum absolute atomic E-state index is 12.4. The topological polar surface area (TPSA) is 106 Å². The van der Waals surface area contributed by atoms with Crippen molar-refractivity contribution in [2.75, 3.05) is 84.6 Å². The van der Waals surface area contributed by atoms with Gasteiger partial charge in [0.1, 0.15) is 32.3 Å². The first kappa shape index (κ1) is 62.0. The summed E-state index contributed by atoms with van der Waals surface area (Å²) >= 11 is 29.9. The maximum atomic E-state index is 12.4. The monoisotopic (exact) mass is 1200 g/mol. The zero-order valence-corrected chi connectivity index (χ0v) is 51.2. The van der Waals surface area contributed by atoms with Gasteiger partial charge >= 0.3 is 0 Å². The predicted octanol–water partition coefficient (Wildman–Crippen LogP) is 15.4. The molecule has 0 spiro atoms. The maximum Gasteiger partial charge on any atom is 0.257 e. The van der Waals surface area contributed by atoms with E-state index in [2.05, 4.69) is 94.6 Å². The van der Waals surface area contributed by atoms with E-state index in [1.807, 2.05) is 42.5 Å². The molecule has 0 aromatic heterocycles. The van der Waals surface area contributed by atoms with Crippen molar-refractivity contribution in [2.24, 2.45) is 11.8 Å². The highest BCUT2D eigenvalue weighted by atomic mass is 35.5. The first-order chi connectivity index (χ1) is 38.6. The Kier molecular flexibility index (Phi) is 21.5. The number of amides is 3. The van der Waals surface area contributed by atoms with Crippen molar-refractivity contribution in [1.82, 2.24) is 0 Å². The second-order valence-electron chi connectivity index (χ2n) is 24.1. The Morgan fingerprint density at radius 2 is 0.988 bits per heavy atom. The first-order valence-corrected chi connectivity index (χ1v) is 30.0. The molecule has 4 atom stereocenters. The van der Waals surface area contributed by atoms with Gasteiger partial charge in [-0.1, -0.05) is 107 Å². The summed E-state index contributed by atoms with van der Waals surface area (Å²) < 4.78 is 14.1. The Balaban J connectivity index is 0.000000159. The number of nitrogens with zero attached hydrogens (tertiary/aromatic N) is 3. The van der Waals surface area contributed by atoms with E-state index in [-0.39, 0.29) is 17.7 Å². The SMILES string of the molecule is C[N+](C)(Cc1ccc(NC(=O)c2ccc(Cl)c(Cl)c2)cc1)C1CC2CCC1C2.C[N+](C)(Cc1ccc(NC(=O)c2ccc(Cl)c(Cl)c2)cc1)C[C@@H]1CCCO1.C[N+](C)(Cc1ccc(NC(=O)c2ccccc2Cl)cc1)C1CCOCC1. The predicted molar refractivity (Wildman–Crippen MR) is 332 cm³/mol. The number of halogens is 5. The number of rotatable bonds is 16. The summed E-state index contributed by atoms with van der Waals surface area (Å²) in [4.78, 5) is 37.1. The molecule has 2 saturated heterocycles. The van der Waals surface area contributed by atoms with Crippen LogP contribution in [0.3, 0.4) is 0 Å². The van der Waals surface area contributed by atoms with Gasteiger partial charge in [-0.05, 0) is 123 Å². The van der Waals surface area contributed by atoms with E-state index in [0.29, 0.717) is 53.9 Å². The summed E-state index contributed by atoms with van der Waals surface area (Å²) in [6.45, 7) is 6.52. The fourth-order valence-corrected chi connectivity index (χ4v) is 13.0. The molecule has 2 aliphatic heterocycles. The van der Waals surface area contributed by atoms with E-state index >= 15 is 0 Å². The number of quaternary nitrogens is 3. The van der Waals surface area contributed by atoms with Gasteiger partial charge in [0.15, 0.2) is 0 Å². The van der Waals surface area contributed by atoms with Crippen molar-refractivity contribution >= 4 is 92.8 Å². The molecule has 3 unspecified atom stereocenters. The number of carbonyl (C=O) groups excluding carboxylic acids is 3. The van der Waals surface area contributed by atoms with Gasteiger partial charge < -0.3 is 38.9 Å². The van der Waals surface area contributed by atoms with Crippen LogP contribution in [-0.4, -0.2) is 118 Å². The van der Waals surface area contributed by atoms with E-state index < -0.39 is 0 Å². The molecule has 4 aliphatic rings. The minimum atomic E-state index is -0.212.